The summed E-state index contributed by atoms with van der Waals surface area (Å²) in [6.45, 7) is -0.219. The zero-order valence-corrected chi connectivity index (χ0v) is 16.6. The lowest BCUT2D eigenvalue weighted by atomic mass is 10.0. The van der Waals surface area contributed by atoms with Gasteiger partial charge < -0.3 is 10.1 Å². The number of carbonyl (C=O) groups excluding carboxylic acids is 2. The monoisotopic (exact) mass is 420 g/mol. The molecular formula is C24H18F2N2O3. The van der Waals surface area contributed by atoms with Crippen LogP contribution in [0.1, 0.15) is 11.1 Å². The van der Waals surface area contributed by atoms with Crippen molar-refractivity contribution in [3.05, 3.63) is 101 Å². The summed E-state index contributed by atoms with van der Waals surface area (Å²) >= 11 is 0. The molecule has 5 nitrogen and oxygen atoms in total. The van der Waals surface area contributed by atoms with Gasteiger partial charge in [-0.2, -0.15) is 0 Å². The van der Waals surface area contributed by atoms with Crippen molar-refractivity contribution in [3.8, 4) is 5.75 Å². The van der Waals surface area contributed by atoms with E-state index in [0.29, 0.717) is 17.0 Å². The fourth-order valence-electron chi connectivity index (χ4n) is 3.34. The van der Waals surface area contributed by atoms with Gasteiger partial charge in [0.1, 0.15) is 23.1 Å². The third kappa shape index (κ3) is 4.02. The van der Waals surface area contributed by atoms with Gasteiger partial charge in [0.25, 0.3) is 11.8 Å². The van der Waals surface area contributed by atoms with E-state index in [1.165, 1.54) is 49.6 Å². The summed E-state index contributed by atoms with van der Waals surface area (Å²) in [7, 11) is 1.54. The van der Waals surface area contributed by atoms with E-state index in [4.69, 9.17) is 4.74 Å². The van der Waals surface area contributed by atoms with Gasteiger partial charge in [-0.25, -0.2) is 8.78 Å². The average molecular weight is 420 g/mol. The second-order valence-corrected chi connectivity index (χ2v) is 6.90. The summed E-state index contributed by atoms with van der Waals surface area (Å²) in [4.78, 5) is 27.3. The number of ether oxygens (including phenoxy) is 1. The van der Waals surface area contributed by atoms with E-state index in [2.05, 4.69) is 5.32 Å². The van der Waals surface area contributed by atoms with Crippen LogP contribution in [0.15, 0.2) is 78.5 Å². The minimum absolute atomic E-state index is 0.0399. The van der Waals surface area contributed by atoms with Crippen molar-refractivity contribution in [1.82, 2.24) is 4.90 Å². The van der Waals surface area contributed by atoms with Gasteiger partial charge in [0.2, 0.25) is 0 Å². The predicted octanol–water partition coefficient (Wildman–Crippen LogP) is 4.37. The molecule has 0 fully saturated rings. The van der Waals surface area contributed by atoms with Gasteiger partial charge in [-0.1, -0.05) is 30.3 Å². The number of amides is 2. The molecule has 1 N–H and O–H groups in total. The third-order valence-electron chi connectivity index (χ3n) is 4.95. The van der Waals surface area contributed by atoms with Gasteiger partial charge in [0, 0.05) is 11.3 Å². The highest BCUT2D eigenvalue weighted by atomic mass is 19.1. The largest absolute Gasteiger partial charge is 0.497 e. The van der Waals surface area contributed by atoms with Crippen LogP contribution in [0.4, 0.5) is 14.5 Å². The van der Waals surface area contributed by atoms with Crippen LogP contribution < -0.4 is 10.1 Å². The molecule has 3 aromatic carbocycles. The Morgan fingerprint density at radius 3 is 2.19 bits per heavy atom. The maximum absolute atomic E-state index is 14.1. The molecule has 156 valence electrons. The van der Waals surface area contributed by atoms with Gasteiger partial charge >= 0.3 is 0 Å². The second-order valence-electron chi connectivity index (χ2n) is 6.90. The quantitative estimate of drug-likeness (QED) is 0.602. The Morgan fingerprint density at radius 1 is 0.871 bits per heavy atom. The van der Waals surface area contributed by atoms with Crippen LogP contribution in [0.25, 0.3) is 5.57 Å². The van der Waals surface area contributed by atoms with E-state index in [9.17, 15) is 18.4 Å². The minimum Gasteiger partial charge on any atom is -0.497 e. The lowest BCUT2D eigenvalue weighted by Crippen LogP contribution is -2.32. The molecule has 0 spiro atoms. The highest BCUT2D eigenvalue weighted by Crippen LogP contribution is 2.32. The van der Waals surface area contributed by atoms with Crippen molar-refractivity contribution in [2.75, 3.05) is 12.4 Å². The first-order valence-electron chi connectivity index (χ1n) is 9.49. The zero-order valence-electron chi connectivity index (χ0n) is 16.6. The summed E-state index contributed by atoms with van der Waals surface area (Å²) in [5.41, 5.74) is 1.29. The maximum atomic E-state index is 14.1. The molecule has 2 amide bonds. The van der Waals surface area contributed by atoms with Crippen molar-refractivity contribution in [3.63, 3.8) is 0 Å². The summed E-state index contributed by atoms with van der Waals surface area (Å²) in [5, 5.41) is 2.99. The Bertz CT molecular complexity index is 1170. The van der Waals surface area contributed by atoms with Crippen LogP contribution in [0.3, 0.4) is 0 Å². The Labute approximate surface area is 177 Å². The molecule has 4 rings (SSSR count). The number of nitrogens with zero attached hydrogens (tertiary/aromatic N) is 1. The third-order valence-corrected chi connectivity index (χ3v) is 4.95. The number of hydrogen-bond donors (Lipinski definition) is 1. The number of nitrogens with one attached hydrogen (secondary N) is 1. The topological polar surface area (TPSA) is 58.6 Å². The maximum Gasteiger partial charge on any atom is 0.278 e. The number of anilines is 1. The molecule has 0 unspecified atom stereocenters. The van der Waals surface area contributed by atoms with Crippen LogP contribution in [0.5, 0.6) is 5.75 Å². The molecule has 0 aliphatic carbocycles. The van der Waals surface area contributed by atoms with E-state index in [1.54, 1.807) is 30.3 Å². The fraction of sp³-hybridized carbons (Fsp3) is 0.0833. The van der Waals surface area contributed by atoms with E-state index in [1.807, 2.05) is 0 Å². The molecule has 31 heavy (non-hydrogen) atoms. The van der Waals surface area contributed by atoms with Gasteiger partial charge in [0.05, 0.1) is 19.2 Å². The van der Waals surface area contributed by atoms with E-state index < -0.39 is 23.4 Å². The Balaban J connectivity index is 1.73. The van der Waals surface area contributed by atoms with Crippen LogP contribution >= 0.6 is 0 Å². The van der Waals surface area contributed by atoms with Gasteiger partial charge in [-0.15, -0.1) is 0 Å². The summed E-state index contributed by atoms with van der Waals surface area (Å²) < 4.78 is 32.7. The van der Waals surface area contributed by atoms with Crippen molar-refractivity contribution < 1.29 is 23.1 Å². The van der Waals surface area contributed by atoms with Crippen LogP contribution in [-0.2, 0) is 16.1 Å². The fourth-order valence-corrected chi connectivity index (χ4v) is 3.34. The number of benzene rings is 3. The van der Waals surface area contributed by atoms with Crippen LogP contribution in [0, 0.1) is 11.6 Å². The normalized spacial score (nSPS) is 13.7. The molecule has 0 radical (unpaired) electrons. The molecule has 7 heteroatoms. The van der Waals surface area contributed by atoms with Gasteiger partial charge in [-0.3, -0.25) is 14.5 Å². The van der Waals surface area contributed by atoms with Crippen LogP contribution in [0.2, 0.25) is 0 Å². The molecular weight excluding hydrogens is 402 g/mol. The predicted molar refractivity (Wildman–Crippen MR) is 112 cm³/mol. The number of rotatable bonds is 6. The first-order valence-corrected chi connectivity index (χ1v) is 9.49. The highest BCUT2D eigenvalue weighted by molar-refractivity contribution is 6.36. The second kappa shape index (κ2) is 8.39. The first kappa shape index (κ1) is 20.3. The highest BCUT2D eigenvalue weighted by Gasteiger charge is 2.39. The summed E-state index contributed by atoms with van der Waals surface area (Å²) in [5.74, 6) is -1.52. The van der Waals surface area contributed by atoms with Crippen molar-refractivity contribution in [1.29, 1.82) is 0 Å². The van der Waals surface area contributed by atoms with Crippen LogP contribution in [-0.4, -0.2) is 23.8 Å². The van der Waals surface area contributed by atoms with Crippen molar-refractivity contribution in [2.45, 2.75) is 6.54 Å². The lowest BCUT2D eigenvalue weighted by molar-refractivity contribution is -0.137. The van der Waals surface area contributed by atoms with Gasteiger partial charge in [-0.05, 0) is 48.0 Å². The summed E-state index contributed by atoms with van der Waals surface area (Å²) in [6.07, 6.45) is 0. The number of methoxy groups -OCH3 is 1. The number of halogens is 2. The van der Waals surface area contributed by atoms with Gasteiger partial charge in [0.15, 0.2) is 0 Å². The first-order chi connectivity index (χ1) is 15.0. The molecule has 1 aliphatic heterocycles. The molecule has 1 aliphatic rings. The van der Waals surface area contributed by atoms with E-state index in [-0.39, 0.29) is 23.4 Å². The average Bonchev–Trinajstić information content (AvgIpc) is 3.00. The smallest absolute Gasteiger partial charge is 0.278 e. The van der Waals surface area contributed by atoms with Crippen molar-refractivity contribution in [2.24, 2.45) is 0 Å². The summed E-state index contributed by atoms with van der Waals surface area (Å²) in [6, 6.07) is 18.0. The molecule has 0 aromatic heterocycles. The standard InChI is InChI=1S/C24H18F2N2O3/c1-31-19-12-10-18(11-13-19)27-22-21(15-6-8-17(25)9-7-15)23(29)28(24(22)30)14-16-4-2-3-5-20(16)26/h2-13,27H,14H2,1H3. The van der Waals surface area contributed by atoms with Crippen molar-refractivity contribution >= 4 is 23.1 Å². The molecule has 0 bridgehead atoms. The minimum atomic E-state index is -0.594. The molecule has 0 saturated carbocycles. The molecule has 3 aromatic rings. The molecule has 0 atom stereocenters. The number of hydrogen-bond acceptors (Lipinski definition) is 4. The Kier molecular flexibility index (Phi) is 5.49. The number of carbonyl (C=O) groups is 2. The molecule has 0 saturated heterocycles. The Morgan fingerprint density at radius 2 is 1.55 bits per heavy atom. The van der Waals surface area contributed by atoms with E-state index in [0.717, 1.165) is 4.90 Å². The SMILES string of the molecule is COc1ccc(NC2=C(c3ccc(F)cc3)C(=O)N(Cc3ccccc3F)C2=O)cc1. The van der Waals surface area contributed by atoms with E-state index >= 15 is 0 Å². The molecule has 1 heterocycles. The lowest BCUT2D eigenvalue weighted by Gasteiger charge is -2.16. The zero-order chi connectivity index (χ0) is 22.0. The number of imide groups is 1. The Hall–Kier alpha value is -4.00.